The van der Waals surface area contributed by atoms with Gasteiger partial charge < -0.3 is 4.74 Å². The van der Waals surface area contributed by atoms with E-state index >= 15 is 0 Å². The molecule has 0 aromatic carbocycles. The first kappa shape index (κ1) is 17.3. The van der Waals surface area contributed by atoms with Crippen molar-refractivity contribution < 1.29 is 14.3 Å². The van der Waals surface area contributed by atoms with Gasteiger partial charge in [-0.25, -0.2) is 9.69 Å². The summed E-state index contributed by atoms with van der Waals surface area (Å²) < 4.78 is 4.73. The van der Waals surface area contributed by atoms with Crippen LogP contribution >= 0.6 is 0 Å². The number of rotatable bonds is 11. The number of azide groups is 1. The quantitative estimate of drug-likeness (QED) is 0.251. The Morgan fingerprint density at radius 3 is 2.33 bits per heavy atom. The number of carbonyl (C=O) groups is 2. The maximum atomic E-state index is 11.7. The van der Waals surface area contributed by atoms with Crippen molar-refractivity contribution in [2.75, 3.05) is 19.7 Å². The van der Waals surface area contributed by atoms with Crippen LogP contribution in [0.1, 0.15) is 57.8 Å². The summed E-state index contributed by atoms with van der Waals surface area (Å²) in [6, 6.07) is 0. The predicted octanol–water partition coefficient (Wildman–Crippen LogP) is 3.79. The van der Waals surface area contributed by atoms with Gasteiger partial charge in [-0.3, -0.25) is 4.79 Å². The van der Waals surface area contributed by atoms with Crippen molar-refractivity contribution in [1.82, 2.24) is 4.90 Å². The molecule has 0 radical (unpaired) electrons. The van der Waals surface area contributed by atoms with E-state index in [1.54, 1.807) is 0 Å². The van der Waals surface area contributed by atoms with Crippen molar-refractivity contribution in [3.05, 3.63) is 10.4 Å². The average molecular weight is 296 g/mol. The molecule has 0 N–H and O–H groups in total. The lowest BCUT2D eigenvalue weighted by molar-refractivity contribution is -0.127. The normalized spacial score (nSPS) is 13.9. The lowest BCUT2D eigenvalue weighted by atomic mass is 10.1. The van der Waals surface area contributed by atoms with Crippen LogP contribution in [0.5, 0.6) is 0 Å². The van der Waals surface area contributed by atoms with Crippen LogP contribution < -0.4 is 0 Å². The molecule has 2 amide bonds. The Balaban J connectivity index is 1.87. The summed E-state index contributed by atoms with van der Waals surface area (Å²) in [5, 5.41) is 3.50. The summed E-state index contributed by atoms with van der Waals surface area (Å²) >= 11 is 0. The van der Waals surface area contributed by atoms with Crippen LogP contribution in [-0.2, 0) is 9.53 Å². The molecule has 7 heteroatoms. The Morgan fingerprint density at radius 2 is 1.76 bits per heavy atom. The van der Waals surface area contributed by atoms with Crippen LogP contribution in [-0.4, -0.2) is 36.6 Å². The minimum absolute atomic E-state index is 0.115. The van der Waals surface area contributed by atoms with Crippen LogP contribution in [0.2, 0.25) is 0 Å². The second kappa shape index (κ2) is 11.0. The van der Waals surface area contributed by atoms with E-state index in [0.717, 1.165) is 32.1 Å². The van der Waals surface area contributed by atoms with E-state index in [1.807, 2.05) is 0 Å². The lowest BCUT2D eigenvalue weighted by Crippen LogP contribution is -2.31. The van der Waals surface area contributed by atoms with Gasteiger partial charge in [0.05, 0.1) is 6.54 Å². The Hall–Kier alpha value is -1.75. The molecule has 1 aliphatic heterocycles. The van der Waals surface area contributed by atoms with Gasteiger partial charge in [-0.2, -0.15) is 0 Å². The zero-order valence-electron chi connectivity index (χ0n) is 12.5. The molecule has 118 valence electrons. The van der Waals surface area contributed by atoms with Gasteiger partial charge in [0.2, 0.25) is 5.91 Å². The molecular formula is C14H24N4O3. The SMILES string of the molecule is [N-]=[N+]=NCCCCCCCCCCC(=O)N1CCOC1=O. The smallest absolute Gasteiger partial charge is 0.416 e. The molecule has 0 spiro atoms. The molecule has 0 aromatic rings. The summed E-state index contributed by atoms with van der Waals surface area (Å²) in [6.07, 6.45) is 8.49. The number of amides is 2. The summed E-state index contributed by atoms with van der Waals surface area (Å²) in [7, 11) is 0. The Kier molecular flexibility index (Phi) is 9.04. The fourth-order valence-corrected chi connectivity index (χ4v) is 2.32. The van der Waals surface area contributed by atoms with Gasteiger partial charge in [-0.1, -0.05) is 43.6 Å². The molecule has 0 atom stereocenters. The first-order valence-electron chi connectivity index (χ1n) is 7.73. The van der Waals surface area contributed by atoms with E-state index in [1.165, 1.54) is 24.2 Å². The van der Waals surface area contributed by atoms with E-state index in [2.05, 4.69) is 10.0 Å². The van der Waals surface area contributed by atoms with Gasteiger partial charge >= 0.3 is 6.09 Å². The van der Waals surface area contributed by atoms with Crippen molar-refractivity contribution in [1.29, 1.82) is 0 Å². The van der Waals surface area contributed by atoms with Crippen molar-refractivity contribution in [3.63, 3.8) is 0 Å². The standard InChI is InChI=1S/C14H24N4O3/c15-17-16-10-8-6-4-2-1-3-5-7-9-13(19)18-11-12-21-14(18)20/h1-12H2. The number of ether oxygens (including phenoxy) is 1. The van der Waals surface area contributed by atoms with E-state index in [4.69, 9.17) is 10.3 Å². The van der Waals surface area contributed by atoms with Gasteiger partial charge in [0.25, 0.3) is 0 Å². The Bertz CT molecular complexity index is 380. The third-order valence-corrected chi connectivity index (χ3v) is 3.52. The molecule has 1 saturated heterocycles. The molecule has 0 unspecified atom stereocenters. The number of nitrogens with zero attached hydrogens (tertiary/aromatic N) is 4. The third kappa shape index (κ3) is 7.56. The Morgan fingerprint density at radius 1 is 1.14 bits per heavy atom. The molecule has 0 saturated carbocycles. The maximum absolute atomic E-state index is 11.7. The van der Waals surface area contributed by atoms with Crippen molar-refractivity contribution in [2.24, 2.45) is 5.11 Å². The Labute approximate surface area is 125 Å². The minimum Gasteiger partial charge on any atom is -0.447 e. The number of carbonyl (C=O) groups excluding carboxylic acids is 2. The highest BCUT2D eigenvalue weighted by molar-refractivity contribution is 5.92. The van der Waals surface area contributed by atoms with Crippen LogP contribution in [0.25, 0.3) is 10.4 Å². The summed E-state index contributed by atoms with van der Waals surface area (Å²) in [5.41, 5.74) is 8.12. The van der Waals surface area contributed by atoms with Crippen LogP contribution in [0.4, 0.5) is 4.79 Å². The fraction of sp³-hybridized carbons (Fsp3) is 0.857. The second-order valence-electron chi connectivity index (χ2n) is 5.19. The zero-order valence-corrected chi connectivity index (χ0v) is 12.5. The van der Waals surface area contributed by atoms with Crippen LogP contribution in [0.15, 0.2) is 5.11 Å². The van der Waals surface area contributed by atoms with Crippen molar-refractivity contribution in [3.8, 4) is 0 Å². The van der Waals surface area contributed by atoms with Gasteiger partial charge in [0, 0.05) is 17.9 Å². The second-order valence-corrected chi connectivity index (χ2v) is 5.19. The van der Waals surface area contributed by atoms with Gasteiger partial charge in [-0.15, -0.1) is 0 Å². The number of imide groups is 1. The molecule has 1 rings (SSSR count). The number of hydrogen-bond donors (Lipinski definition) is 0. The first-order valence-corrected chi connectivity index (χ1v) is 7.73. The molecular weight excluding hydrogens is 272 g/mol. The number of cyclic esters (lactones) is 1. The third-order valence-electron chi connectivity index (χ3n) is 3.52. The zero-order chi connectivity index (χ0) is 15.3. The largest absolute Gasteiger partial charge is 0.447 e. The van der Waals surface area contributed by atoms with Crippen LogP contribution in [0, 0.1) is 0 Å². The van der Waals surface area contributed by atoms with Gasteiger partial charge in [0.15, 0.2) is 0 Å². The number of unbranched alkanes of at least 4 members (excludes halogenated alkanes) is 7. The van der Waals surface area contributed by atoms with Crippen molar-refractivity contribution >= 4 is 12.0 Å². The molecule has 1 aliphatic rings. The highest BCUT2D eigenvalue weighted by Gasteiger charge is 2.27. The van der Waals surface area contributed by atoms with E-state index < -0.39 is 6.09 Å². The molecule has 21 heavy (non-hydrogen) atoms. The molecule has 0 bridgehead atoms. The maximum Gasteiger partial charge on any atom is 0.416 e. The highest BCUT2D eigenvalue weighted by Crippen LogP contribution is 2.12. The van der Waals surface area contributed by atoms with Gasteiger partial charge in [-0.05, 0) is 18.4 Å². The molecule has 1 heterocycles. The van der Waals surface area contributed by atoms with E-state index in [0.29, 0.717) is 26.1 Å². The average Bonchev–Trinajstić information content (AvgIpc) is 2.91. The lowest BCUT2D eigenvalue weighted by Gasteiger charge is -2.10. The molecule has 1 fully saturated rings. The number of hydrogen-bond acceptors (Lipinski definition) is 4. The molecule has 0 aliphatic carbocycles. The molecule has 0 aromatic heterocycles. The summed E-state index contributed by atoms with van der Waals surface area (Å²) in [5.74, 6) is -0.115. The molecule has 7 nitrogen and oxygen atoms in total. The monoisotopic (exact) mass is 296 g/mol. The van der Waals surface area contributed by atoms with Crippen LogP contribution in [0.3, 0.4) is 0 Å². The van der Waals surface area contributed by atoms with E-state index in [-0.39, 0.29) is 5.91 Å². The summed E-state index contributed by atoms with van der Waals surface area (Å²) in [4.78, 5) is 26.8. The first-order chi connectivity index (χ1) is 10.3. The van der Waals surface area contributed by atoms with Crippen molar-refractivity contribution in [2.45, 2.75) is 57.8 Å². The van der Waals surface area contributed by atoms with Gasteiger partial charge in [0.1, 0.15) is 6.61 Å². The minimum atomic E-state index is -0.499. The van der Waals surface area contributed by atoms with E-state index in [9.17, 15) is 9.59 Å². The highest BCUT2D eigenvalue weighted by atomic mass is 16.6. The fourth-order valence-electron chi connectivity index (χ4n) is 2.32. The summed E-state index contributed by atoms with van der Waals surface area (Å²) in [6.45, 7) is 1.31. The topological polar surface area (TPSA) is 95.4 Å². The predicted molar refractivity (Wildman–Crippen MR) is 78.6 cm³/mol.